The summed E-state index contributed by atoms with van der Waals surface area (Å²) in [6, 6.07) is 4.66. The topological polar surface area (TPSA) is 80.0 Å². The normalized spacial score (nSPS) is 16.4. The molecule has 20 heavy (non-hydrogen) atoms. The lowest BCUT2D eigenvalue weighted by molar-refractivity contribution is 0.220. The van der Waals surface area contributed by atoms with E-state index < -0.39 is 0 Å². The molecule has 1 heterocycles. The SMILES string of the molecule is NC(N)=NN=Cc1ccc(F)cc1CN1CCCCC1. The molecule has 0 atom stereocenters. The summed E-state index contributed by atoms with van der Waals surface area (Å²) in [7, 11) is 0. The molecule has 1 aromatic carbocycles. The van der Waals surface area contributed by atoms with E-state index in [-0.39, 0.29) is 11.8 Å². The van der Waals surface area contributed by atoms with Gasteiger partial charge in [0.2, 0.25) is 5.96 Å². The van der Waals surface area contributed by atoms with Crippen molar-refractivity contribution in [2.75, 3.05) is 13.1 Å². The van der Waals surface area contributed by atoms with Gasteiger partial charge in [-0.1, -0.05) is 12.5 Å². The molecule has 4 N–H and O–H groups in total. The smallest absolute Gasteiger partial charge is 0.211 e. The van der Waals surface area contributed by atoms with Crippen molar-refractivity contribution in [2.24, 2.45) is 21.7 Å². The lowest BCUT2D eigenvalue weighted by atomic mass is 10.1. The average Bonchev–Trinajstić information content (AvgIpc) is 2.42. The van der Waals surface area contributed by atoms with Crippen molar-refractivity contribution in [3.8, 4) is 0 Å². The first kappa shape index (κ1) is 14.5. The molecule has 1 fully saturated rings. The van der Waals surface area contributed by atoms with Crippen LogP contribution in [0.15, 0.2) is 28.4 Å². The third-order valence-corrected chi connectivity index (χ3v) is 3.32. The van der Waals surface area contributed by atoms with Crippen molar-refractivity contribution in [1.82, 2.24) is 4.90 Å². The Kier molecular flexibility index (Phi) is 5.06. The average molecular weight is 277 g/mol. The quantitative estimate of drug-likeness (QED) is 0.496. The molecule has 0 unspecified atom stereocenters. The highest BCUT2D eigenvalue weighted by Crippen LogP contribution is 2.16. The van der Waals surface area contributed by atoms with E-state index in [0.717, 1.165) is 30.8 Å². The molecule has 0 amide bonds. The summed E-state index contributed by atoms with van der Waals surface area (Å²) in [4.78, 5) is 2.33. The molecule has 1 aliphatic rings. The van der Waals surface area contributed by atoms with Crippen LogP contribution in [0.3, 0.4) is 0 Å². The fourth-order valence-electron chi connectivity index (χ4n) is 2.35. The van der Waals surface area contributed by atoms with Crippen molar-refractivity contribution < 1.29 is 4.39 Å². The van der Waals surface area contributed by atoms with Crippen LogP contribution in [0.4, 0.5) is 4.39 Å². The van der Waals surface area contributed by atoms with Gasteiger partial charge in [-0.05, 0) is 49.2 Å². The van der Waals surface area contributed by atoms with Crippen LogP contribution in [0.2, 0.25) is 0 Å². The summed E-state index contributed by atoms with van der Waals surface area (Å²) < 4.78 is 13.4. The number of piperidine rings is 1. The van der Waals surface area contributed by atoms with Gasteiger partial charge in [0, 0.05) is 6.54 Å². The highest BCUT2D eigenvalue weighted by Gasteiger charge is 2.12. The Morgan fingerprint density at radius 1 is 1.25 bits per heavy atom. The van der Waals surface area contributed by atoms with E-state index in [1.54, 1.807) is 18.3 Å². The first-order valence-corrected chi connectivity index (χ1v) is 6.78. The van der Waals surface area contributed by atoms with Crippen molar-refractivity contribution in [3.63, 3.8) is 0 Å². The number of halogens is 1. The largest absolute Gasteiger partial charge is 0.369 e. The van der Waals surface area contributed by atoms with Gasteiger partial charge in [-0.3, -0.25) is 4.90 Å². The van der Waals surface area contributed by atoms with Crippen molar-refractivity contribution in [3.05, 3.63) is 35.1 Å². The monoisotopic (exact) mass is 277 g/mol. The Morgan fingerprint density at radius 2 is 2.00 bits per heavy atom. The standard InChI is InChI=1S/C14H20FN5/c15-13-5-4-11(9-18-19-14(16)17)12(8-13)10-20-6-2-1-3-7-20/h4-5,8-9H,1-3,6-7,10H2,(H4,16,17,19). The molecule has 0 aromatic heterocycles. The molecule has 0 aliphatic carbocycles. The molecule has 0 radical (unpaired) electrons. The number of nitrogens with zero attached hydrogens (tertiary/aromatic N) is 3. The molecule has 5 nitrogen and oxygen atoms in total. The summed E-state index contributed by atoms with van der Waals surface area (Å²) in [5, 5.41) is 7.36. The van der Waals surface area contributed by atoms with Crippen LogP contribution >= 0.6 is 0 Å². The minimum atomic E-state index is -0.240. The second kappa shape index (κ2) is 7.00. The van der Waals surface area contributed by atoms with Gasteiger partial charge in [-0.2, -0.15) is 5.10 Å². The maximum absolute atomic E-state index is 13.4. The molecule has 1 aliphatic heterocycles. The number of hydrogen-bond donors (Lipinski definition) is 2. The molecule has 2 rings (SSSR count). The van der Waals surface area contributed by atoms with Crippen molar-refractivity contribution in [2.45, 2.75) is 25.8 Å². The van der Waals surface area contributed by atoms with Crippen LogP contribution < -0.4 is 11.5 Å². The Bertz CT molecular complexity index is 502. The fraction of sp³-hybridized carbons (Fsp3) is 0.429. The van der Waals surface area contributed by atoms with E-state index in [9.17, 15) is 4.39 Å². The van der Waals surface area contributed by atoms with Gasteiger partial charge in [-0.15, -0.1) is 5.10 Å². The van der Waals surface area contributed by atoms with Crippen LogP contribution in [0.1, 0.15) is 30.4 Å². The zero-order valence-corrected chi connectivity index (χ0v) is 11.4. The van der Waals surface area contributed by atoms with E-state index in [4.69, 9.17) is 11.5 Å². The van der Waals surface area contributed by atoms with E-state index >= 15 is 0 Å². The summed E-state index contributed by atoms with van der Waals surface area (Å²) >= 11 is 0. The zero-order valence-electron chi connectivity index (χ0n) is 11.4. The van der Waals surface area contributed by atoms with Crippen molar-refractivity contribution in [1.29, 1.82) is 0 Å². The van der Waals surface area contributed by atoms with Gasteiger partial charge < -0.3 is 11.5 Å². The highest BCUT2D eigenvalue weighted by molar-refractivity contribution is 5.83. The Hall–Kier alpha value is -1.95. The second-order valence-electron chi connectivity index (χ2n) is 4.95. The van der Waals surface area contributed by atoms with Crippen LogP contribution in [0, 0.1) is 5.82 Å². The molecular formula is C14H20FN5. The predicted octanol–water partition coefficient (Wildman–Crippen LogP) is 1.42. The van der Waals surface area contributed by atoms with Crippen molar-refractivity contribution >= 4 is 12.2 Å². The van der Waals surface area contributed by atoms with Gasteiger partial charge in [0.25, 0.3) is 0 Å². The third kappa shape index (κ3) is 4.31. The molecule has 1 saturated heterocycles. The minimum Gasteiger partial charge on any atom is -0.369 e. The summed E-state index contributed by atoms with van der Waals surface area (Å²) in [5.41, 5.74) is 12.2. The lowest BCUT2D eigenvalue weighted by Gasteiger charge is -2.26. The summed E-state index contributed by atoms with van der Waals surface area (Å²) in [6.07, 6.45) is 5.23. The number of hydrogen-bond acceptors (Lipinski definition) is 3. The highest BCUT2D eigenvalue weighted by atomic mass is 19.1. The summed E-state index contributed by atoms with van der Waals surface area (Å²) in [5.74, 6) is -0.336. The lowest BCUT2D eigenvalue weighted by Crippen LogP contribution is -2.29. The maximum atomic E-state index is 13.4. The van der Waals surface area contributed by atoms with Gasteiger partial charge in [0.1, 0.15) is 5.82 Å². The zero-order chi connectivity index (χ0) is 14.4. The van der Waals surface area contributed by atoms with E-state index in [1.807, 2.05) is 0 Å². The minimum absolute atomic E-state index is 0.0963. The van der Waals surface area contributed by atoms with E-state index in [2.05, 4.69) is 15.1 Å². The molecule has 0 bridgehead atoms. The predicted molar refractivity (Wildman–Crippen MR) is 78.9 cm³/mol. The molecule has 1 aromatic rings. The van der Waals surface area contributed by atoms with Crippen LogP contribution in [0.5, 0.6) is 0 Å². The second-order valence-corrected chi connectivity index (χ2v) is 4.95. The number of guanidine groups is 1. The third-order valence-electron chi connectivity index (χ3n) is 3.32. The maximum Gasteiger partial charge on any atom is 0.211 e. The van der Waals surface area contributed by atoms with Gasteiger partial charge in [0.05, 0.1) is 6.21 Å². The fourth-order valence-corrected chi connectivity index (χ4v) is 2.35. The van der Waals surface area contributed by atoms with E-state index in [0.29, 0.717) is 0 Å². The number of likely N-dealkylation sites (tertiary alicyclic amines) is 1. The van der Waals surface area contributed by atoms with Crippen LogP contribution in [-0.4, -0.2) is 30.2 Å². The Balaban J connectivity index is 2.14. The molecule has 0 spiro atoms. The number of rotatable bonds is 4. The summed E-state index contributed by atoms with van der Waals surface area (Å²) in [6.45, 7) is 2.84. The Labute approximate surface area is 118 Å². The molecule has 6 heteroatoms. The first-order valence-electron chi connectivity index (χ1n) is 6.78. The molecule has 0 saturated carbocycles. The van der Waals surface area contributed by atoms with Gasteiger partial charge in [0.15, 0.2) is 0 Å². The molecule has 108 valence electrons. The van der Waals surface area contributed by atoms with Crippen LogP contribution in [0.25, 0.3) is 0 Å². The molecular weight excluding hydrogens is 257 g/mol. The van der Waals surface area contributed by atoms with Gasteiger partial charge >= 0.3 is 0 Å². The number of nitrogens with two attached hydrogens (primary N) is 2. The first-order chi connectivity index (χ1) is 9.65. The van der Waals surface area contributed by atoms with Crippen LogP contribution in [-0.2, 0) is 6.54 Å². The van der Waals surface area contributed by atoms with E-state index in [1.165, 1.54) is 25.3 Å². The number of benzene rings is 1. The van der Waals surface area contributed by atoms with Gasteiger partial charge in [-0.25, -0.2) is 4.39 Å². The Morgan fingerprint density at radius 3 is 2.70 bits per heavy atom.